The average molecular weight is 318 g/mol. The first-order chi connectivity index (χ1) is 10.4. The molecule has 1 aliphatic carbocycles. The van der Waals surface area contributed by atoms with Crippen LogP contribution in [-0.2, 0) is 9.84 Å². The minimum Gasteiger partial charge on any atom is -0.476 e. The van der Waals surface area contributed by atoms with Crippen molar-refractivity contribution in [1.82, 2.24) is 4.98 Å². The van der Waals surface area contributed by atoms with Gasteiger partial charge in [0.1, 0.15) is 0 Å². The lowest BCUT2D eigenvalue weighted by Gasteiger charge is -2.11. The number of hydrogen-bond donors (Lipinski definition) is 2. The minimum absolute atomic E-state index is 0.0750. The summed E-state index contributed by atoms with van der Waals surface area (Å²) in [6.45, 7) is 0. The molecule has 2 aromatic rings. The lowest BCUT2D eigenvalue weighted by molar-refractivity contribution is 0.0691. The van der Waals surface area contributed by atoms with Gasteiger partial charge in [-0.15, -0.1) is 0 Å². The molecular formula is C15H14N2O4S. The van der Waals surface area contributed by atoms with Crippen LogP contribution in [0.4, 0.5) is 5.69 Å². The molecule has 0 atom stereocenters. The molecule has 3 rings (SSSR count). The number of nitrogens with zero attached hydrogens (tertiary/aromatic N) is 1. The quantitative estimate of drug-likeness (QED) is 0.893. The number of benzene rings is 1. The maximum Gasteiger partial charge on any atom is 0.356 e. The molecule has 22 heavy (non-hydrogen) atoms. The van der Waals surface area contributed by atoms with Crippen molar-refractivity contribution >= 4 is 21.5 Å². The number of carboxylic acid groups (broad SMARTS) is 1. The maximum absolute atomic E-state index is 12.7. The predicted molar refractivity (Wildman–Crippen MR) is 79.5 cm³/mol. The molecule has 1 heterocycles. The van der Waals surface area contributed by atoms with E-state index in [0.29, 0.717) is 5.69 Å². The Balaban J connectivity index is 2.23. The van der Waals surface area contributed by atoms with Crippen molar-refractivity contribution in [2.45, 2.75) is 28.6 Å². The van der Waals surface area contributed by atoms with Gasteiger partial charge in [0.2, 0.25) is 9.84 Å². The molecule has 1 fully saturated rings. The molecule has 0 amide bonds. The predicted octanol–water partition coefficient (Wildman–Crippen LogP) is 2.07. The Bertz CT molecular complexity index is 843. The molecular weight excluding hydrogens is 304 g/mol. The van der Waals surface area contributed by atoms with Crippen molar-refractivity contribution in [3.8, 4) is 0 Å². The zero-order chi connectivity index (χ0) is 15.9. The van der Waals surface area contributed by atoms with Crippen molar-refractivity contribution in [3.05, 3.63) is 47.8 Å². The summed E-state index contributed by atoms with van der Waals surface area (Å²) < 4.78 is 25.4. The molecule has 1 aliphatic rings. The molecule has 0 spiro atoms. The van der Waals surface area contributed by atoms with Crippen LogP contribution in [0.2, 0.25) is 0 Å². The fourth-order valence-corrected chi connectivity index (χ4v) is 3.68. The number of nitrogen functional groups attached to an aromatic ring is 1. The number of aromatic carboxylic acids is 1. The van der Waals surface area contributed by atoms with Crippen LogP contribution in [0.25, 0.3) is 0 Å². The maximum atomic E-state index is 12.7. The molecule has 1 saturated carbocycles. The van der Waals surface area contributed by atoms with E-state index in [0.717, 1.165) is 12.8 Å². The van der Waals surface area contributed by atoms with E-state index >= 15 is 0 Å². The highest BCUT2D eigenvalue weighted by Gasteiger charge is 2.31. The van der Waals surface area contributed by atoms with Gasteiger partial charge < -0.3 is 10.8 Å². The van der Waals surface area contributed by atoms with Gasteiger partial charge in [-0.3, -0.25) is 0 Å². The van der Waals surface area contributed by atoms with Crippen molar-refractivity contribution in [3.63, 3.8) is 0 Å². The second-order valence-electron chi connectivity index (χ2n) is 5.20. The molecule has 1 aromatic carbocycles. The summed E-state index contributed by atoms with van der Waals surface area (Å²) in [6, 6.07) is 9.21. The summed E-state index contributed by atoms with van der Waals surface area (Å²) in [5, 5.41) is 9.22. The summed E-state index contributed by atoms with van der Waals surface area (Å²) in [7, 11) is -3.88. The highest BCUT2D eigenvalue weighted by Crippen LogP contribution is 2.41. The monoisotopic (exact) mass is 318 g/mol. The lowest BCUT2D eigenvalue weighted by Crippen LogP contribution is -2.14. The third kappa shape index (κ3) is 2.43. The van der Waals surface area contributed by atoms with E-state index in [-0.39, 0.29) is 21.4 Å². The van der Waals surface area contributed by atoms with E-state index in [9.17, 15) is 18.3 Å². The van der Waals surface area contributed by atoms with Crippen LogP contribution < -0.4 is 5.73 Å². The number of pyridine rings is 1. The van der Waals surface area contributed by atoms with Crippen molar-refractivity contribution in [2.24, 2.45) is 0 Å². The summed E-state index contributed by atoms with van der Waals surface area (Å²) in [5.41, 5.74) is 5.53. The van der Waals surface area contributed by atoms with E-state index < -0.39 is 21.5 Å². The van der Waals surface area contributed by atoms with Crippen molar-refractivity contribution < 1.29 is 18.3 Å². The molecule has 6 nitrogen and oxygen atoms in total. The fourth-order valence-electron chi connectivity index (χ4n) is 2.25. The first-order valence-corrected chi connectivity index (χ1v) is 8.23. The van der Waals surface area contributed by atoms with Crippen LogP contribution in [0.5, 0.6) is 0 Å². The number of carboxylic acids is 1. The largest absolute Gasteiger partial charge is 0.476 e. The minimum atomic E-state index is -3.88. The van der Waals surface area contributed by atoms with Crippen LogP contribution in [0.3, 0.4) is 0 Å². The number of aromatic nitrogens is 1. The zero-order valence-corrected chi connectivity index (χ0v) is 12.4. The molecule has 0 radical (unpaired) electrons. The highest BCUT2D eigenvalue weighted by atomic mass is 32.2. The number of rotatable bonds is 4. The molecule has 7 heteroatoms. The number of nitrogens with two attached hydrogens (primary N) is 1. The van der Waals surface area contributed by atoms with Crippen LogP contribution in [0.15, 0.2) is 46.2 Å². The van der Waals surface area contributed by atoms with E-state index in [2.05, 4.69) is 4.98 Å². The van der Waals surface area contributed by atoms with Crippen LogP contribution in [-0.4, -0.2) is 24.5 Å². The van der Waals surface area contributed by atoms with Gasteiger partial charge in [-0.1, -0.05) is 18.2 Å². The Hall–Kier alpha value is -2.41. The van der Waals surface area contributed by atoms with Crippen LogP contribution in [0.1, 0.15) is 34.9 Å². The van der Waals surface area contributed by atoms with Gasteiger partial charge in [-0.2, -0.15) is 0 Å². The Morgan fingerprint density at radius 3 is 2.41 bits per heavy atom. The van der Waals surface area contributed by atoms with Crippen LogP contribution in [0, 0.1) is 0 Å². The smallest absolute Gasteiger partial charge is 0.356 e. The Morgan fingerprint density at radius 1 is 1.23 bits per heavy atom. The molecule has 0 unspecified atom stereocenters. The van der Waals surface area contributed by atoms with E-state index in [4.69, 9.17) is 5.73 Å². The molecule has 0 aliphatic heterocycles. The second kappa shape index (κ2) is 5.10. The summed E-state index contributed by atoms with van der Waals surface area (Å²) in [5.74, 6) is -1.21. The summed E-state index contributed by atoms with van der Waals surface area (Å²) in [6.07, 6.45) is 1.75. The summed E-state index contributed by atoms with van der Waals surface area (Å²) >= 11 is 0. The molecule has 0 saturated heterocycles. The van der Waals surface area contributed by atoms with Gasteiger partial charge in [-0.25, -0.2) is 18.2 Å². The normalized spacial score (nSPS) is 14.7. The fraction of sp³-hybridized carbons (Fsp3) is 0.200. The van der Waals surface area contributed by atoms with E-state index in [1.54, 1.807) is 18.2 Å². The zero-order valence-electron chi connectivity index (χ0n) is 11.6. The number of anilines is 1. The number of sulfone groups is 1. The topological polar surface area (TPSA) is 110 Å². The second-order valence-corrected chi connectivity index (χ2v) is 7.12. The SMILES string of the molecule is Nc1c(S(=O)(=O)c2ccccc2)cc(C2CC2)nc1C(=O)O. The van der Waals surface area contributed by atoms with Crippen molar-refractivity contribution in [2.75, 3.05) is 5.73 Å². The third-order valence-corrected chi connectivity index (χ3v) is 5.39. The Kier molecular flexibility index (Phi) is 3.37. The van der Waals surface area contributed by atoms with Gasteiger partial charge in [0.05, 0.1) is 15.5 Å². The Morgan fingerprint density at radius 2 is 1.86 bits per heavy atom. The molecule has 1 aromatic heterocycles. The lowest BCUT2D eigenvalue weighted by atomic mass is 10.2. The standard InChI is InChI=1S/C15H14N2O4S/c16-13-12(22(20,21)10-4-2-1-3-5-10)8-11(9-6-7-9)17-14(13)15(18)19/h1-5,8-9H,6-7,16H2,(H,18,19). The van der Waals surface area contributed by atoms with Gasteiger partial charge in [0.15, 0.2) is 5.69 Å². The average Bonchev–Trinajstić information content (AvgIpc) is 3.32. The number of carbonyl (C=O) groups is 1. The molecule has 114 valence electrons. The first-order valence-electron chi connectivity index (χ1n) is 6.75. The molecule has 3 N–H and O–H groups in total. The van der Waals surface area contributed by atoms with Gasteiger partial charge in [0, 0.05) is 11.6 Å². The Labute approximate surface area is 127 Å². The van der Waals surface area contributed by atoms with Gasteiger partial charge in [0.25, 0.3) is 0 Å². The molecule has 0 bridgehead atoms. The number of hydrogen-bond acceptors (Lipinski definition) is 5. The first kappa shape index (κ1) is 14.5. The van der Waals surface area contributed by atoms with E-state index in [1.807, 2.05) is 0 Å². The third-order valence-electron chi connectivity index (χ3n) is 3.58. The highest BCUT2D eigenvalue weighted by molar-refractivity contribution is 7.91. The van der Waals surface area contributed by atoms with Crippen molar-refractivity contribution in [1.29, 1.82) is 0 Å². The van der Waals surface area contributed by atoms with E-state index in [1.165, 1.54) is 18.2 Å². The van der Waals surface area contributed by atoms with Gasteiger partial charge >= 0.3 is 5.97 Å². The van der Waals surface area contributed by atoms with Crippen LogP contribution >= 0.6 is 0 Å². The van der Waals surface area contributed by atoms with Gasteiger partial charge in [-0.05, 0) is 31.0 Å². The summed E-state index contributed by atoms with van der Waals surface area (Å²) in [4.78, 5) is 15.2.